The zero-order chi connectivity index (χ0) is 9.26. The number of allylic oxidation sites excluding steroid dienone is 1. The molecule has 0 bridgehead atoms. The maximum Gasteiger partial charge on any atom is 0.152 e. The molecule has 0 amide bonds. The molecule has 2 aliphatic rings. The topological polar surface area (TPSA) is 51.4 Å². The van der Waals surface area contributed by atoms with Gasteiger partial charge >= 0.3 is 0 Å². The van der Waals surface area contributed by atoms with Gasteiger partial charge < -0.3 is 0 Å². The summed E-state index contributed by atoms with van der Waals surface area (Å²) < 4.78 is 0. The van der Waals surface area contributed by atoms with Gasteiger partial charge in [0, 0.05) is 12.4 Å². The van der Waals surface area contributed by atoms with Gasteiger partial charge in [-0.15, -0.1) is 11.8 Å². The molecule has 0 aliphatic carbocycles. The van der Waals surface area contributed by atoms with E-state index in [0.29, 0.717) is 0 Å². The van der Waals surface area contributed by atoms with Gasteiger partial charge in [-0.1, -0.05) is 0 Å². The zero-order valence-corrected chi connectivity index (χ0v) is 8.03. The van der Waals surface area contributed by atoms with Gasteiger partial charge in [0.1, 0.15) is 5.92 Å². The van der Waals surface area contributed by atoms with E-state index < -0.39 is 0 Å². The van der Waals surface area contributed by atoms with Gasteiger partial charge in [0.25, 0.3) is 0 Å². The van der Waals surface area contributed by atoms with Gasteiger partial charge in [0.2, 0.25) is 0 Å². The number of rotatable bonds is 1. The maximum atomic E-state index is 8.98. The van der Waals surface area contributed by atoms with Gasteiger partial charge in [-0.05, 0) is 12.3 Å². The van der Waals surface area contributed by atoms with Crippen molar-refractivity contribution in [1.82, 2.24) is 10.4 Å². The molecular formula is C8H10N4S. The molecule has 2 rings (SSSR count). The first-order valence-corrected chi connectivity index (χ1v) is 5.32. The molecule has 4 nitrogen and oxygen atoms in total. The lowest BCUT2D eigenvalue weighted by Gasteiger charge is -2.21. The normalized spacial score (nSPS) is 36.0. The number of nitriles is 1. The van der Waals surface area contributed by atoms with Crippen LogP contribution in [0.1, 0.15) is 0 Å². The van der Waals surface area contributed by atoms with E-state index in [-0.39, 0.29) is 17.5 Å². The van der Waals surface area contributed by atoms with Crippen molar-refractivity contribution in [3.63, 3.8) is 0 Å². The molecule has 0 saturated carbocycles. The third-order valence-electron chi connectivity index (χ3n) is 2.18. The molecule has 5 heteroatoms. The summed E-state index contributed by atoms with van der Waals surface area (Å²) in [5.41, 5.74) is 3.22. The monoisotopic (exact) mass is 194 g/mol. The van der Waals surface area contributed by atoms with E-state index in [0.717, 1.165) is 0 Å². The van der Waals surface area contributed by atoms with Crippen LogP contribution in [0.15, 0.2) is 17.3 Å². The van der Waals surface area contributed by atoms with E-state index in [9.17, 15) is 0 Å². The van der Waals surface area contributed by atoms with E-state index in [2.05, 4.69) is 16.5 Å². The number of nitrogens with zero attached hydrogens (tertiary/aromatic N) is 3. The molecule has 2 aliphatic heterocycles. The molecule has 3 unspecified atom stereocenters. The Morgan fingerprint density at radius 2 is 2.54 bits per heavy atom. The van der Waals surface area contributed by atoms with E-state index in [1.165, 1.54) is 0 Å². The lowest BCUT2D eigenvalue weighted by atomic mass is 10.1. The maximum absolute atomic E-state index is 8.98. The molecule has 0 radical (unpaired) electrons. The van der Waals surface area contributed by atoms with Crippen LogP contribution < -0.4 is 5.43 Å². The lowest BCUT2D eigenvalue weighted by Crippen LogP contribution is -2.34. The second kappa shape index (κ2) is 3.40. The summed E-state index contributed by atoms with van der Waals surface area (Å²) in [4.78, 5) is 4.26. The van der Waals surface area contributed by atoms with E-state index >= 15 is 0 Å². The molecule has 0 aromatic rings. The van der Waals surface area contributed by atoms with Gasteiger partial charge in [0.15, 0.2) is 6.17 Å². The van der Waals surface area contributed by atoms with Crippen molar-refractivity contribution in [2.24, 2.45) is 10.9 Å². The molecule has 1 saturated heterocycles. The predicted octanol–water partition coefficient (Wildman–Crippen LogP) is 0.560. The van der Waals surface area contributed by atoms with E-state index in [4.69, 9.17) is 5.26 Å². The molecule has 1 fully saturated rings. The highest BCUT2D eigenvalue weighted by Gasteiger charge is 2.40. The van der Waals surface area contributed by atoms with Crippen LogP contribution in [0.2, 0.25) is 0 Å². The van der Waals surface area contributed by atoms with Crippen LogP contribution in [-0.2, 0) is 0 Å². The van der Waals surface area contributed by atoms with Crippen molar-refractivity contribution >= 4 is 18.0 Å². The minimum atomic E-state index is -0.0730. The summed E-state index contributed by atoms with van der Waals surface area (Å²) in [6, 6.07) is 2.29. The molecule has 0 aromatic heterocycles. The third kappa shape index (κ3) is 1.32. The highest BCUT2D eigenvalue weighted by molar-refractivity contribution is 7.99. The summed E-state index contributed by atoms with van der Waals surface area (Å²) in [5.74, 6) is -0.0730. The van der Waals surface area contributed by atoms with Gasteiger partial charge in [-0.25, -0.2) is 5.43 Å². The summed E-state index contributed by atoms with van der Waals surface area (Å²) in [5, 5.41) is 11.0. The number of hydrogen-bond donors (Lipinski definition) is 1. The molecule has 1 N–H and O–H groups in total. The number of aliphatic imine (C=N–C) groups is 1. The van der Waals surface area contributed by atoms with Crippen molar-refractivity contribution in [2.45, 2.75) is 11.5 Å². The minimum Gasteiger partial charge on any atom is -0.289 e. The highest BCUT2D eigenvalue weighted by atomic mass is 32.2. The number of hydrazine groups is 1. The largest absolute Gasteiger partial charge is 0.289 e. The molecule has 3 atom stereocenters. The fraction of sp³-hybridized carbons (Fsp3) is 0.500. The van der Waals surface area contributed by atoms with Crippen molar-refractivity contribution in [1.29, 1.82) is 5.26 Å². The smallest absolute Gasteiger partial charge is 0.152 e. The molecule has 13 heavy (non-hydrogen) atoms. The fourth-order valence-electron chi connectivity index (χ4n) is 1.53. The first kappa shape index (κ1) is 8.60. The average molecular weight is 194 g/mol. The first-order chi connectivity index (χ1) is 6.36. The Kier molecular flexibility index (Phi) is 2.25. The number of thioether (sulfide) groups is 1. The van der Waals surface area contributed by atoms with Crippen LogP contribution in [0.3, 0.4) is 0 Å². The Morgan fingerprint density at radius 3 is 3.23 bits per heavy atom. The Morgan fingerprint density at radius 1 is 1.69 bits per heavy atom. The lowest BCUT2D eigenvalue weighted by molar-refractivity contribution is 0.268. The first-order valence-electron chi connectivity index (χ1n) is 4.03. The van der Waals surface area contributed by atoms with Crippen LogP contribution in [0.25, 0.3) is 0 Å². The standard InChI is InChI=1S/C8H10N4S/c1-13-8-6(5-9)7-10-3-2-4-12(7)11-8/h2-4,6-8,11H,1H3. The van der Waals surface area contributed by atoms with Crippen LogP contribution in [0.5, 0.6) is 0 Å². The summed E-state index contributed by atoms with van der Waals surface area (Å²) in [6.45, 7) is 0. The summed E-state index contributed by atoms with van der Waals surface area (Å²) in [7, 11) is 0. The Bertz CT molecular complexity index is 293. The van der Waals surface area contributed by atoms with E-state index in [1.807, 2.05) is 23.5 Å². The Hall–Kier alpha value is -0.990. The van der Waals surface area contributed by atoms with Crippen molar-refractivity contribution in [2.75, 3.05) is 6.26 Å². The van der Waals surface area contributed by atoms with Gasteiger partial charge in [0.05, 0.1) is 11.4 Å². The SMILES string of the molecule is CSC1NN2C=CC=NC2C1C#N. The number of nitrogens with one attached hydrogen (secondary N) is 1. The number of fused-ring (bicyclic) bond motifs is 1. The van der Waals surface area contributed by atoms with Crippen molar-refractivity contribution in [3.05, 3.63) is 12.3 Å². The average Bonchev–Trinajstić information content (AvgIpc) is 2.55. The molecule has 2 heterocycles. The minimum absolute atomic E-state index is 0.0487. The second-order valence-electron chi connectivity index (χ2n) is 2.90. The Balaban J connectivity index is 2.22. The van der Waals surface area contributed by atoms with Gasteiger partial charge in [-0.2, -0.15) is 5.26 Å². The molecule has 68 valence electrons. The summed E-state index contributed by atoms with van der Waals surface area (Å²) in [6.07, 6.45) is 7.47. The van der Waals surface area contributed by atoms with E-state index in [1.54, 1.807) is 18.0 Å². The molecule has 0 aromatic carbocycles. The van der Waals surface area contributed by atoms with Crippen LogP contribution in [0.4, 0.5) is 0 Å². The fourth-order valence-corrected chi connectivity index (χ4v) is 2.25. The van der Waals surface area contributed by atoms with Gasteiger partial charge in [-0.3, -0.25) is 10.0 Å². The van der Waals surface area contributed by atoms with Crippen molar-refractivity contribution in [3.8, 4) is 6.07 Å². The third-order valence-corrected chi connectivity index (χ3v) is 3.09. The number of hydrogen-bond acceptors (Lipinski definition) is 5. The quantitative estimate of drug-likeness (QED) is 0.662. The zero-order valence-electron chi connectivity index (χ0n) is 7.21. The van der Waals surface area contributed by atoms with Crippen LogP contribution in [0, 0.1) is 17.2 Å². The molecule has 0 spiro atoms. The Labute approximate surface area is 81.3 Å². The summed E-state index contributed by atoms with van der Waals surface area (Å²) >= 11 is 1.65. The van der Waals surface area contributed by atoms with Crippen LogP contribution in [-0.4, -0.2) is 29.0 Å². The second-order valence-corrected chi connectivity index (χ2v) is 3.88. The highest BCUT2D eigenvalue weighted by Crippen LogP contribution is 2.29. The van der Waals surface area contributed by atoms with Crippen LogP contribution >= 0.6 is 11.8 Å². The van der Waals surface area contributed by atoms with Crippen molar-refractivity contribution < 1.29 is 0 Å². The predicted molar refractivity (Wildman–Crippen MR) is 52.8 cm³/mol. The molecular weight excluding hydrogens is 184 g/mol.